The first-order chi connectivity index (χ1) is 5.25. The molecule has 1 aromatic rings. The summed E-state index contributed by atoms with van der Waals surface area (Å²) in [5.74, 6) is 0. The van der Waals surface area contributed by atoms with Gasteiger partial charge in [0.25, 0.3) is 0 Å². The van der Waals surface area contributed by atoms with Gasteiger partial charge in [0.05, 0.1) is 5.51 Å². The fourth-order valence-corrected chi connectivity index (χ4v) is 1.46. The Morgan fingerprint density at radius 3 is 2.91 bits per heavy atom. The van der Waals surface area contributed by atoms with Crippen molar-refractivity contribution in [3.05, 3.63) is 16.1 Å². The highest BCUT2D eigenvalue weighted by Crippen LogP contribution is 2.11. The number of nitrogens with zero attached hydrogens (tertiary/aromatic N) is 2. The number of rotatable bonds is 2. The minimum atomic E-state index is 0.825. The third-order valence-corrected chi connectivity index (χ3v) is 2.07. The lowest BCUT2D eigenvalue weighted by molar-refractivity contribution is 0.213. The van der Waals surface area contributed by atoms with Crippen LogP contribution in [0.25, 0.3) is 0 Å². The zero-order chi connectivity index (χ0) is 8.27. The highest BCUT2D eigenvalue weighted by atomic mass is 32.1. The standard InChI is InChI=1S/C7H10N2OS/c1-5(9-10-3)7-6(2)11-4-8-7/h4H,1-3H3/b9-5+. The molecular weight excluding hydrogens is 160 g/mol. The van der Waals surface area contributed by atoms with Crippen molar-refractivity contribution in [2.75, 3.05) is 7.11 Å². The average molecular weight is 170 g/mol. The highest BCUT2D eigenvalue weighted by Gasteiger charge is 2.04. The van der Waals surface area contributed by atoms with Gasteiger partial charge in [0.15, 0.2) is 0 Å². The second-order valence-electron chi connectivity index (χ2n) is 2.12. The molecule has 0 unspecified atom stereocenters. The van der Waals surface area contributed by atoms with Gasteiger partial charge in [-0.05, 0) is 13.8 Å². The predicted octanol–water partition coefficient (Wildman–Crippen LogP) is 1.82. The Kier molecular flexibility index (Phi) is 2.59. The third kappa shape index (κ3) is 1.77. The maximum Gasteiger partial charge on any atom is 0.106 e. The molecular formula is C7H10N2OS. The van der Waals surface area contributed by atoms with Crippen LogP contribution in [0.1, 0.15) is 17.5 Å². The van der Waals surface area contributed by atoms with E-state index in [0.29, 0.717) is 0 Å². The summed E-state index contributed by atoms with van der Waals surface area (Å²) in [6.45, 7) is 3.90. The van der Waals surface area contributed by atoms with E-state index in [1.807, 2.05) is 13.8 Å². The molecule has 0 aliphatic rings. The number of aryl methyl sites for hydroxylation is 1. The van der Waals surface area contributed by atoms with E-state index in [-0.39, 0.29) is 0 Å². The quantitative estimate of drug-likeness (QED) is 0.501. The molecule has 0 saturated carbocycles. The van der Waals surface area contributed by atoms with Crippen LogP contribution >= 0.6 is 11.3 Å². The molecule has 0 spiro atoms. The minimum Gasteiger partial charge on any atom is -0.399 e. The van der Waals surface area contributed by atoms with E-state index in [1.54, 1.807) is 16.8 Å². The molecule has 0 N–H and O–H groups in total. The predicted molar refractivity (Wildman–Crippen MR) is 46.1 cm³/mol. The van der Waals surface area contributed by atoms with Crippen LogP contribution in [0.2, 0.25) is 0 Å². The van der Waals surface area contributed by atoms with E-state index < -0.39 is 0 Å². The van der Waals surface area contributed by atoms with Gasteiger partial charge in [-0.2, -0.15) is 0 Å². The maximum atomic E-state index is 4.64. The van der Waals surface area contributed by atoms with Crippen LogP contribution < -0.4 is 0 Å². The smallest absolute Gasteiger partial charge is 0.106 e. The molecule has 1 aromatic heterocycles. The summed E-state index contributed by atoms with van der Waals surface area (Å²) in [6, 6.07) is 0. The van der Waals surface area contributed by atoms with Gasteiger partial charge in [-0.25, -0.2) is 4.98 Å². The summed E-state index contributed by atoms with van der Waals surface area (Å²) in [4.78, 5) is 9.95. The first-order valence-electron chi connectivity index (χ1n) is 3.24. The van der Waals surface area contributed by atoms with Crippen LogP contribution in [-0.4, -0.2) is 17.8 Å². The van der Waals surface area contributed by atoms with Crippen molar-refractivity contribution in [2.45, 2.75) is 13.8 Å². The Morgan fingerprint density at radius 1 is 1.73 bits per heavy atom. The summed E-state index contributed by atoms with van der Waals surface area (Å²) >= 11 is 1.61. The Labute approximate surface area is 69.7 Å². The fourth-order valence-electron chi connectivity index (χ4n) is 0.833. The highest BCUT2D eigenvalue weighted by molar-refractivity contribution is 7.09. The summed E-state index contributed by atoms with van der Waals surface area (Å²) < 4.78 is 0. The number of oxime groups is 1. The van der Waals surface area contributed by atoms with Crippen molar-refractivity contribution in [3.8, 4) is 0 Å². The fraction of sp³-hybridized carbons (Fsp3) is 0.429. The van der Waals surface area contributed by atoms with Crippen molar-refractivity contribution >= 4 is 17.0 Å². The van der Waals surface area contributed by atoms with E-state index in [2.05, 4.69) is 15.0 Å². The Hall–Kier alpha value is -0.900. The van der Waals surface area contributed by atoms with Crippen LogP contribution in [0.4, 0.5) is 0 Å². The molecule has 0 amide bonds. The van der Waals surface area contributed by atoms with Crippen LogP contribution in [0.5, 0.6) is 0 Å². The number of hydrogen-bond donors (Lipinski definition) is 0. The van der Waals surface area contributed by atoms with Gasteiger partial charge < -0.3 is 4.84 Å². The molecule has 60 valence electrons. The van der Waals surface area contributed by atoms with Crippen molar-refractivity contribution in [1.29, 1.82) is 0 Å². The minimum absolute atomic E-state index is 0.825. The van der Waals surface area contributed by atoms with E-state index in [4.69, 9.17) is 0 Å². The summed E-state index contributed by atoms with van der Waals surface area (Å²) in [7, 11) is 1.53. The second kappa shape index (κ2) is 3.48. The Morgan fingerprint density at radius 2 is 2.45 bits per heavy atom. The lowest BCUT2D eigenvalue weighted by Gasteiger charge is -1.94. The lowest BCUT2D eigenvalue weighted by atomic mass is 10.3. The van der Waals surface area contributed by atoms with Gasteiger partial charge in [-0.3, -0.25) is 0 Å². The van der Waals surface area contributed by atoms with Gasteiger partial charge in [0.2, 0.25) is 0 Å². The van der Waals surface area contributed by atoms with Gasteiger partial charge in [0, 0.05) is 4.88 Å². The molecule has 11 heavy (non-hydrogen) atoms. The first-order valence-corrected chi connectivity index (χ1v) is 4.12. The van der Waals surface area contributed by atoms with Crippen LogP contribution in [-0.2, 0) is 4.84 Å². The molecule has 0 saturated heterocycles. The zero-order valence-electron chi connectivity index (χ0n) is 6.79. The molecule has 0 atom stereocenters. The molecule has 1 rings (SSSR count). The third-order valence-electron chi connectivity index (χ3n) is 1.32. The van der Waals surface area contributed by atoms with E-state index in [1.165, 1.54) is 12.0 Å². The van der Waals surface area contributed by atoms with Crippen LogP contribution in [0, 0.1) is 6.92 Å². The van der Waals surface area contributed by atoms with E-state index >= 15 is 0 Å². The molecule has 3 nitrogen and oxygen atoms in total. The number of aromatic nitrogens is 1. The first kappa shape index (κ1) is 8.20. The summed E-state index contributed by atoms with van der Waals surface area (Å²) in [5.41, 5.74) is 3.56. The summed E-state index contributed by atoms with van der Waals surface area (Å²) in [5, 5.41) is 3.79. The van der Waals surface area contributed by atoms with Gasteiger partial charge >= 0.3 is 0 Å². The molecule has 0 aliphatic heterocycles. The Bertz CT molecular complexity index is 267. The van der Waals surface area contributed by atoms with Crippen molar-refractivity contribution in [2.24, 2.45) is 5.16 Å². The molecule has 0 bridgehead atoms. The van der Waals surface area contributed by atoms with Crippen LogP contribution in [0.15, 0.2) is 10.7 Å². The number of hydrogen-bond acceptors (Lipinski definition) is 4. The Balaban J connectivity index is 2.92. The molecule has 1 heterocycles. The van der Waals surface area contributed by atoms with Gasteiger partial charge in [0.1, 0.15) is 18.5 Å². The SMILES string of the molecule is CO/N=C(\C)c1ncsc1C. The molecule has 0 aromatic carbocycles. The number of thiazole rings is 1. The zero-order valence-corrected chi connectivity index (χ0v) is 7.60. The molecule has 0 radical (unpaired) electrons. The normalized spacial score (nSPS) is 11.7. The molecule has 0 aliphatic carbocycles. The van der Waals surface area contributed by atoms with Crippen molar-refractivity contribution in [1.82, 2.24) is 4.98 Å². The van der Waals surface area contributed by atoms with Gasteiger partial charge in [-0.1, -0.05) is 5.16 Å². The summed E-state index contributed by atoms with van der Waals surface area (Å²) in [6.07, 6.45) is 0. The average Bonchev–Trinajstić information content (AvgIpc) is 2.36. The van der Waals surface area contributed by atoms with E-state index in [9.17, 15) is 0 Å². The molecule has 0 fully saturated rings. The monoisotopic (exact) mass is 170 g/mol. The van der Waals surface area contributed by atoms with Crippen molar-refractivity contribution < 1.29 is 4.84 Å². The second-order valence-corrected chi connectivity index (χ2v) is 3.18. The topological polar surface area (TPSA) is 34.5 Å². The van der Waals surface area contributed by atoms with Crippen LogP contribution in [0.3, 0.4) is 0 Å². The maximum absolute atomic E-state index is 4.64. The molecule has 4 heteroatoms. The van der Waals surface area contributed by atoms with E-state index in [0.717, 1.165) is 11.4 Å². The lowest BCUT2D eigenvalue weighted by Crippen LogP contribution is -1.97. The van der Waals surface area contributed by atoms with Crippen molar-refractivity contribution in [3.63, 3.8) is 0 Å². The van der Waals surface area contributed by atoms with Gasteiger partial charge in [-0.15, -0.1) is 11.3 Å². The largest absolute Gasteiger partial charge is 0.399 e.